The van der Waals surface area contributed by atoms with Crippen LogP contribution in [0.5, 0.6) is 0 Å². The van der Waals surface area contributed by atoms with E-state index < -0.39 is 21.0 Å². The van der Waals surface area contributed by atoms with Gasteiger partial charge in [-0.15, -0.1) is 5.17 Å². The van der Waals surface area contributed by atoms with E-state index in [1.54, 1.807) is 18.2 Å². The summed E-state index contributed by atoms with van der Waals surface area (Å²) in [5.74, 6) is -0.651. The van der Waals surface area contributed by atoms with Gasteiger partial charge in [0.25, 0.3) is 15.8 Å². The smallest absolute Gasteiger partial charge is 0.294 e. The summed E-state index contributed by atoms with van der Waals surface area (Å²) >= 11 is 0. The summed E-state index contributed by atoms with van der Waals surface area (Å²) in [5, 5.41) is 29.7. The van der Waals surface area contributed by atoms with Crippen molar-refractivity contribution in [2.45, 2.75) is 11.8 Å². The number of nitro groups is 1. The average Bonchev–Trinajstić information content (AvgIpc) is 2.60. The maximum Gasteiger partial charge on any atom is 0.294 e. The summed E-state index contributed by atoms with van der Waals surface area (Å²) in [7, 11) is -4.02. The normalized spacial score (nSPS) is 10.8. The first-order valence-electron chi connectivity index (χ1n) is 7.16. The largest absolute Gasteiger partial charge is 0.367 e. The fourth-order valence-corrected chi connectivity index (χ4v) is 2.09. The van der Waals surface area contributed by atoms with Gasteiger partial charge in [-0.1, -0.05) is 29.8 Å². The van der Waals surface area contributed by atoms with Crippen LogP contribution in [-0.4, -0.2) is 40.4 Å². The van der Waals surface area contributed by atoms with Crippen LogP contribution in [0.15, 0.2) is 58.5 Å². The number of nitro benzene ring substituents is 1. The number of non-ortho nitro benzene ring substituents is 1. The van der Waals surface area contributed by atoms with Gasteiger partial charge in [0.05, 0.1) is 16.0 Å². The number of hydrogen-bond acceptors (Lipinski definition) is 7. The molecule has 12 heteroatoms. The van der Waals surface area contributed by atoms with Gasteiger partial charge < -0.3 is 5.73 Å². The summed E-state index contributed by atoms with van der Waals surface area (Å²) in [6.45, 7) is 1.84. The maximum atomic E-state index is 10.5. The lowest BCUT2D eigenvalue weighted by Gasteiger charge is -2.05. The molecule has 0 aliphatic carbocycles. The number of aryl methyl sites for hydroxylation is 1. The van der Waals surface area contributed by atoms with Crippen LogP contribution in [0.3, 0.4) is 0 Å². The third-order valence-corrected chi connectivity index (χ3v) is 3.80. The van der Waals surface area contributed by atoms with Gasteiger partial charge in [0.1, 0.15) is 0 Å². The van der Waals surface area contributed by atoms with E-state index in [1.807, 2.05) is 6.92 Å². The highest BCUT2D eigenvalue weighted by molar-refractivity contribution is 7.85. The van der Waals surface area contributed by atoms with Crippen molar-refractivity contribution in [3.8, 4) is 0 Å². The van der Waals surface area contributed by atoms with E-state index in [-0.39, 0.29) is 15.8 Å². The molecule has 0 atom stereocenters. The molecule has 0 bridgehead atoms. The molecule has 0 aromatic heterocycles. The van der Waals surface area contributed by atoms with Gasteiger partial charge in [-0.25, -0.2) is 0 Å². The highest BCUT2D eigenvalue weighted by atomic mass is 32.2. The van der Waals surface area contributed by atoms with Crippen LogP contribution < -0.4 is 5.73 Å². The zero-order chi connectivity index (χ0) is 20.6. The number of rotatable bonds is 4. The second-order valence-electron chi connectivity index (χ2n) is 5.06. The molecule has 144 valence electrons. The topological polar surface area (TPSA) is 183 Å². The minimum absolute atomic E-state index is 0.0666. The number of nitrogens with zero attached hydrogens (tertiary/aromatic N) is 3. The molecule has 0 spiro atoms. The standard InChI is InChI=1S/C8H9N5O3.C7H8O3S/c9-8(10)12(14)11-5-6-2-1-3-7(4-6)13(15)16;1-6-2-4-7(5-3-6)11(8,9)10/h1-5,14H,(H3,9,10);2-5H,1H3,(H,8,9,10). The van der Waals surface area contributed by atoms with Crippen LogP contribution in [0.1, 0.15) is 11.1 Å². The van der Waals surface area contributed by atoms with Gasteiger partial charge in [0, 0.05) is 17.7 Å². The van der Waals surface area contributed by atoms with Crippen LogP contribution in [0.4, 0.5) is 5.69 Å². The summed E-state index contributed by atoms with van der Waals surface area (Å²) in [6, 6.07) is 11.6. The van der Waals surface area contributed by atoms with E-state index in [9.17, 15) is 18.5 Å². The average molecular weight is 395 g/mol. The van der Waals surface area contributed by atoms with E-state index in [0.29, 0.717) is 5.56 Å². The van der Waals surface area contributed by atoms with Gasteiger partial charge in [-0.05, 0) is 19.1 Å². The van der Waals surface area contributed by atoms with E-state index in [0.717, 1.165) is 11.8 Å². The lowest BCUT2D eigenvalue weighted by molar-refractivity contribution is -0.384. The van der Waals surface area contributed by atoms with Crippen molar-refractivity contribution < 1.29 is 23.1 Å². The molecule has 27 heavy (non-hydrogen) atoms. The fourth-order valence-electron chi connectivity index (χ4n) is 1.61. The Labute approximate surface area is 154 Å². The highest BCUT2D eigenvalue weighted by Gasteiger charge is 2.07. The minimum atomic E-state index is -4.02. The van der Waals surface area contributed by atoms with Crippen molar-refractivity contribution in [1.29, 1.82) is 5.41 Å². The summed E-state index contributed by atoms with van der Waals surface area (Å²) in [6.07, 6.45) is 1.15. The number of hydrazone groups is 1. The van der Waals surface area contributed by atoms with Gasteiger partial charge in [0.15, 0.2) is 0 Å². The van der Waals surface area contributed by atoms with Crippen LogP contribution in [0.25, 0.3) is 0 Å². The Morgan fingerprint density at radius 3 is 2.37 bits per heavy atom. The molecule has 0 unspecified atom stereocenters. The quantitative estimate of drug-likeness (QED) is 0.198. The first kappa shape index (κ1) is 21.7. The summed E-state index contributed by atoms with van der Waals surface area (Å²) < 4.78 is 29.6. The van der Waals surface area contributed by atoms with Gasteiger partial charge in [0.2, 0.25) is 5.96 Å². The van der Waals surface area contributed by atoms with Crippen LogP contribution in [0.2, 0.25) is 0 Å². The lowest BCUT2D eigenvalue weighted by atomic mass is 10.2. The van der Waals surface area contributed by atoms with Crippen molar-refractivity contribution in [3.05, 3.63) is 69.8 Å². The molecule has 5 N–H and O–H groups in total. The zero-order valence-corrected chi connectivity index (χ0v) is 14.9. The Morgan fingerprint density at radius 1 is 1.30 bits per heavy atom. The van der Waals surface area contributed by atoms with Crippen LogP contribution in [-0.2, 0) is 10.1 Å². The number of hydrogen-bond donors (Lipinski definition) is 4. The number of hydroxylamine groups is 1. The molecule has 0 saturated carbocycles. The van der Waals surface area contributed by atoms with Gasteiger partial charge in [-0.2, -0.15) is 13.5 Å². The second-order valence-corrected chi connectivity index (χ2v) is 6.48. The highest BCUT2D eigenvalue weighted by Crippen LogP contribution is 2.11. The van der Waals surface area contributed by atoms with Crippen molar-refractivity contribution >= 4 is 28.0 Å². The SMILES string of the molecule is Cc1ccc(S(=O)(=O)O)cc1.N=C(N)N(O)N=Cc1cccc([N+](=O)[O-])c1. The predicted molar refractivity (Wildman–Crippen MR) is 97.2 cm³/mol. The van der Waals surface area contributed by atoms with Crippen molar-refractivity contribution in [3.63, 3.8) is 0 Å². The molecule has 0 aliphatic rings. The molecule has 0 amide bonds. The molecule has 0 saturated heterocycles. The maximum absolute atomic E-state index is 10.5. The lowest BCUT2D eigenvalue weighted by Crippen LogP contribution is -2.28. The molecule has 0 heterocycles. The fraction of sp³-hybridized carbons (Fsp3) is 0.0667. The van der Waals surface area contributed by atoms with Crippen molar-refractivity contribution in [1.82, 2.24) is 5.17 Å². The first-order valence-corrected chi connectivity index (χ1v) is 8.60. The Kier molecular flexibility index (Phi) is 7.53. The minimum Gasteiger partial charge on any atom is -0.367 e. The number of guanidine groups is 1. The first-order chi connectivity index (χ1) is 12.5. The van der Waals surface area contributed by atoms with Crippen LogP contribution in [0, 0.1) is 22.4 Å². The third kappa shape index (κ3) is 7.60. The Hall–Kier alpha value is -3.35. The molecule has 0 fully saturated rings. The van der Waals surface area contributed by atoms with Gasteiger partial charge in [-0.3, -0.25) is 25.3 Å². The van der Waals surface area contributed by atoms with Crippen molar-refractivity contribution in [2.24, 2.45) is 10.8 Å². The molecular weight excluding hydrogens is 378 g/mol. The molecule has 2 rings (SSSR count). The number of benzene rings is 2. The molecule has 2 aromatic carbocycles. The second kappa shape index (κ2) is 9.38. The zero-order valence-electron chi connectivity index (χ0n) is 14.1. The van der Waals surface area contributed by atoms with Crippen LogP contribution >= 0.6 is 0 Å². The van der Waals surface area contributed by atoms with E-state index in [1.165, 1.54) is 30.3 Å². The number of nitrogens with two attached hydrogens (primary N) is 1. The summed E-state index contributed by atoms with van der Waals surface area (Å²) in [4.78, 5) is 9.84. The van der Waals surface area contributed by atoms with E-state index >= 15 is 0 Å². The van der Waals surface area contributed by atoms with E-state index in [2.05, 4.69) is 5.10 Å². The summed E-state index contributed by atoms with van der Waals surface area (Å²) in [5.41, 5.74) is 6.20. The Balaban J connectivity index is 0.000000289. The van der Waals surface area contributed by atoms with Crippen molar-refractivity contribution in [2.75, 3.05) is 0 Å². The molecule has 0 radical (unpaired) electrons. The Bertz CT molecular complexity index is 943. The van der Waals surface area contributed by atoms with E-state index in [4.69, 9.17) is 20.9 Å². The van der Waals surface area contributed by atoms with Gasteiger partial charge >= 0.3 is 0 Å². The molecule has 11 nitrogen and oxygen atoms in total. The predicted octanol–water partition coefficient (Wildman–Crippen LogP) is 1.76. The monoisotopic (exact) mass is 395 g/mol. The molecular formula is C15H17N5O6S. The molecule has 0 aliphatic heterocycles. The number of nitrogens with one attached hydrogen (secondary N) is 1. The Morgan fingerprint density at radius 2 is 1.89 bits per heavy atom. The third-order valence-electron chi connectivity index (χ3n) is 2.93. The molecule has 2 aromatic rings.